The van der Waals surface area contributed by atoms with Gasteiger partial charge in [-0.15, -0.1) is 11.8 Å². The predicted molar refractivity (Wildman–Crippen MR) is 98.1 cm³/mol. The number of rotatable bonds is 8. The highest BCUT2D eigenvalue weighted by molar-refractivity contribution is 7.99. The van der Waals surface area contributed by atoms with E-state index in [0.717, 1.165) is 48.9 Å². The van der Waals surface area contributed by atoms with Crippen LogP contribution in [0.5, 0.6) is 11.5 Å². The van der Waals surface area contributed by atoms with Gasteiger partial charge < -0.3 is 20.1 Å². The highest BCUT2D eigenvalue weighted by atomic mass is 32.2. The molecule has 5 nitrogen and oxygen atoms in total. The lowest BCUT2D eigenvalue weighted by Crippen LogP contribution is -2.42. The first-order valence-corrected chi connectivity index (χ1v) is 9.37. The summed E-state index contributed by atoms with van der Waals surface area (Å²) in [5.74, 6) is 2.31. The lowest BCUT2D eigenvalue weighted by Gasteiger charge is -2.34. The molecule has 0 unspecified atom stereocenters. The minimum absolute atomic E-state index is 0.128. The Balaban J connectivity index is 1.72. The van der Waals surface area contributed by atoms with Crippen molar-refractivity contribution in [3.63, 3.8) is 0 Å². The van der Waals surface area contributed by atoms with Gasteiger partial charge in [-0.25, -0.2) is 0 Å². The van der Waals surface area contributed by atoms with E-state index in [1.54, 1.807) is 26.0 Å². The average molecular weight is 353 g/mol. The summed E-state index contributed by atoms with van der Waals surface area (Å²) in [6, 6.07) is 5.82. The molecule has 0 aliphatic carbocycles. The van der Waals surface area contributed by atoms with Gasteiger partial charge in [0.2, 0.25) is 5.91 Å². The van der Waals surface area contributed by atoms with Crippen molar-refractivity contribution in [3.05, 3.63) is 18.2 Å². The normalized spacial score (nSPS) is 16.5. The van der Waals surface area contributed by atoms with E-state index in [9.17, 15) is 4.79 Å². The Morgan fingerprint density at radius 1 is 1.25 bits per heavy atom. The molecule has 1 aliphatic rings. The maximum absolute atomic E-state index is 12.1. The molecule has 1 aliphatic heterocycles. The third-order valence-corrected chi connectivity index (χ3v) is 5.47. The van der Waals surface area contributed by atoms with Crippen molar-refractivity contribution in [1.82, 2.24) is 10.6 Å². The van der Waals surface area contributed by atoms with Crippen LogP contribution in [-0.2, 0) is 4.79 Å². The molecule has 1 fully saturated rings. The van der Waals surface area contributed by atoms with Gasteiger partial charge in [0, 0.05) is 23.6 Å². The maximum atomic E-state index is 12.1. The summed E-state index contributed by atoms with van der Waals surface area (Å²) in [6.45, 7) is 5.12. The molecule has 6 heteroatoms. The summed E-state index contributed by atoms with van der Waals surface area (Å²) in [6.07, 6.45) is 2.76. The second-order valence-electron chi connectivity index (χ2n) is 6.45. The number of benzene rings is 1. The summed E-state index contributed by atoms with van der Waals surface area (Å²) in [5.41, 5.74) is 0.234. The van der Waals surface area contributed by atoms with E-state index in [4.69, 9.17) is 9.47 Å². The Kier molecular flexibility index (Phi) is 7.24. The molecule has 1 aromatic carbocycles. The number of piperidine rings is 1. The first-order valence-electron chi connectivity index (χ1n) is 8.38. The number of carbonyl (C=O) groups is 1. The summed E-state index contributed by atoms with van der Waals surface area (Å²) in [7, 11) is 3.25. The van der Waals surface area contributed by atoms with E-state index < -0.39 is 0 Å². The molecule has 0 atom stereocenters. The molecule has 0 bridgehead atoms. The zero-order valence-corrected chi connectivity index (χ0v) is 15.6. The zero-order valence-electron chi connectivity index (χ0n) is 14.8. The number of carbonyl (C=O) groups excluding carboxylic acids is 1. The fourth-order valence-corrected chi connectivity index (χ4v) is 3.65. The van der Waals surface area contributed by atoms with E-state index in [1.165, 1.54) is 0 Å². The van der Waals surface area contributed by atoms with Crippen molar-refractivity contribution >= 4 is 17.7 Å². The van der Waals surface area contributed by atoms with Crippen molar-refractivity contribution in [2.45, 2.75) is 31.1 Å². The standard InChI is InChI=1S/C18H28N2O3S/c1-18(7-9-19-10-8-18)13-20-17(21)6-11-24-14-4-5-15(22-2)16(12-14)23-3/h4-5,12,19H,6-11,13H2,1-3H3,(H,20,21). The zero-order chi connectivity index (χ0) is 17.4. The van der Waals surface area contributed by atoms with Crippen molar-refractivity contribution in [2.75, 3.05) is 39.6 Å². The topological polar surface area (TPSA) is 59.6 Å². The van der Waals surface area contributed by atoms with Crippen molar-refractivity contribution < 1.29 is 14.3 Å². The second kappa shape index (κ2) is 9.18. The minimum Gasteiger partial charge on any atom is -0.493 e. The van der Waals surface area contributed by atoms with Gasteiger partial charge in [0.1, 0.15) is 0 Å². The molecular formula is C18H28N2O3S. The molecule has 0 spiro atoms. The van der Waals surface area contributed by atoms with Gasteiger partial charge in [-0.3, -0.25) is 4.79 Å². The first-order chi connectivity index (χ1) is 11.6. The fourth-order valence-electron chi connectivity index (χ4n) is 2.78. The summed E-state index contributed by atoms with van der Waals surface area (Å²) < 4.78 is 10.5. The van der Waals surface area contributed by atoms with Gasteiger partial charge >= 0.3 is 0 Å². The van der Waals surface area contributed by atoms with Gasteiger partial charge in [-0.1, -0.05) is 6.92 Å². The Labute approximate surface area is 148 Å². The molecular weight excluding hydrogens is 324 g/mol. The number of hydrogen-bond acceptors (Lipinski definition) is 5. The smallest absolute Gasteiger partial charge is 0.220 e. The van der Waals surface area contributed by atoms with Gasteiger partial charge in [-0.05, 0) is 49.5 Å². The average Bonchev–Trinajstić information content (AvgIpc) is 2.60. The SMILES string of the molecule is COc1ccc(SCCC(=O)NCC2(C)CCNCC2)cc1OC. The summed E-state index contributed by atoms with van der Waals surface area (Å²) in [5, 5.41) is 6.46. The monoisotopic (exact) mass is 352 g/mol. The van der Waals surface area contributed by atoms with Gasteiger partial charge in [0.25, 0.3) is 0 Å². The van der Waals surface area contributed by atoms with E-state index in [-0.39, 0.29) is 11.3 Å². The summed E-state index contributed by atoms with van der Waals surface area (Å²) in [4.78, 5) is 13.1. The molecule has 0 saturated carbocycles. The third kappa shape index (κ3) is 5.60. The van der Waals surface area contributed by atoms with Crippen molar-refractivity contribution in [2.24, 2.45) is 5.41 Å². The number of ether oxygens (including phenoxy) is 2. The highest BCUT2D eigenvalue weighted by Gasteiger charge is 2.26. The van der Waals surface area contributed by atoms with Gasteiger partial charge in [0.15, 0.2) is 11.5 Å². The summed E-state index contributed by atoms with van der Waals surface area (Å²) >= 11 is 1.65. The molecule has 0 aromatic heterocycles. The number of thioether (sulfide) groups is 1. The molecule has 1 saturated heterocycles. The molecule has 2 N–H and O–H groups in total. The van der Waals surface area contributed by atoms with E-state index in [0.29, 0.717) is 12.2 Å². The van der Waals surface area contributed by atoms with Crippen LogP contribution in [0.25, 0.3) is 0 Å². The second-order valence-corrected chi connectivity index (χ2v) is 7.62. The van der Waals surface area contributed by atoms with E-state index in [2.05, 4.69) is 17.6 Å². The number of amides is 1. The Hall–Kier alpha value is -1.40. The van der Waals surface area contributed by atoms with Crippen molar-refractivity contribution in [1.29, 1.82) is 0 Å². The fraction of sp³-hybridized carbons (Fsp3) is 0.611. The van der Waals surface area contributed by atoms with E-state index in [1.807, 2.05) is 18.2 Å². The molecule has 2 rings (SSSR count). The number of nitrogens with one attached hydrogen (secondary N) is 2. The van der Waals surface area contributed by atoms with Crippen LogP contribution in [0.1, 0.15) is 26.2 Å². The molecule has 1 aromatic rings. The van der Waals surface area contributed by atoms with Crippen LogP contribution in [-0.4, -0.2) is 45.5 Å². The lowest BCUT2D eigenvalue weighted by molar-refractivity contribution is -0.121. The van der Waals surface area contributed by atoms with Crippen molar-refractivity contribution in [3.8, 4) is 11.5 Å². The molecule has 24 heavy (non-hydrogen) atoms. The number of methoxy groups -OCH3 is 2. The van der Waals surface area contributed by atoms with E-state index >= 15 is 0 Å². The maximum Gasteiger partial charge on any atom is 0.220 e. The van der Waals surface area contributed by atoms with Crippen LogP contribution in [0.3, 0.4) is 0 Å². The molecule has 134 valence electrons. The minimum atomic E-state index is 0.128. The van der Waals surface area contributed by atoms with Crippen LogP contribution < -0.4 is 20.1 Å². The van der Waals surface area contributed by atoms with Crippen LogP contribution in [0, 0.1) is 5.41 Å². The first kappa shape index (κ1) is 18.9. The highest BCUT2D eigenvalue weighted by Crippen LogP contribution is 2.32. The van der Waals surface area contributed by atoms with Crippen LogP contribution >= 0.6 is 11.8 Å². The lowest BCUT2D eigenvalue weighted by atomic mass is 9.81. The van der Waals surface area contributed by atoms with Gasteiger partial charge in [0.05, 0.1) is 14.2 Å². The van der Waals surface area contributed by atoms with Gasteiger partial charge in [-0.2, -0.15) is 0 Å². The molecule has 1 heterocycles. The predicted octanol–water partition coefficient (Wildman–Crippen LogP) is 2.69. The Morgan fingerprint density at radius 2 is 1.96 bits per heavy atom. The van der Waals surface area contributed by atoms with Crippen LogP contribution in [0.15, 0.2) is 23.1 Å². The number of hydrogen-bond donors (Lipinski definition) is 2. The third-order valence-electron chi connectivity index (χ3n) is 4.48. The largest absolute Gasteiger partial charge is 0.493 e. The van der Waals surface area contributed by atoms with Crippen LogP contribution in [0.2, 0.25) is 0 Å². The Morgan fingerprint density at radius 3 is 2.62 bits per heavy atom. The molecule has 1 amide bonds. The molecule has 0 radical (unpaired) electrons. The quantitative estimate of drug-likeness (QED) is 0.705. The Bertz CT molecular complexity index is 545. The van der Waals surface area contributed by atoms with Crippen LogP contribution in [0.4, 0.5) is 0 Å².